The molecule has 2 N–H and O–H groups in total. The number of hydrogen-bond donors (Lipinski definition) is 2. The van der Waals surface area contributed by atoms with Crippen LogP contribution in [0.3, 0.4) is 0 Å². The summed E-state index contributed by atoms with van der Waals surface area (Å²) in [6, 6.07) is 11.3. The Labute approximate surface area is 149 Å². The quantitative estimate of drug-likeness (QED) is 0.662. The van der Waals surface area contributed by atoms with Crippen molar-refractivity contribution >= 4 is 27.5 Å². The van der Waals surface area contributed by atoms with Crippen molar-refractivity contribution in [2.75, 3.05) is 20.3 Å². The largest absolute Gasteiger partial charge is 0.493 e. The van der Waals surface area contributed by atoms with Gasteiger partial charge in [-0.15, -0.1) is 0 Å². The lowest BCUT2D eigenvalue weighted by molar-refractivity contribution is 0.277. The van der Waals surface area contributed by atoms with Crippen molar-refractivity contribution in [3.63, 3.8) is 0 Å². The maximum absolute atomic E-state index is 8.92. The highest BCUT2D eigenvalue weighted by Gasteiger charge is 2.15. The van der Waals surface area contributed by atoms with Gasteiger partial charge >= 0.3 is 0 Å². The summed E-state index contributed by atoms with van der Waals surface area (Å²) >= 11 is 9.72. The average Bonchev–Trinajstić information content (AvgIpc) is 2.56. The van der Waals surface area contributed by atoms with Crippen molar-refractivity contribution in [2.24, 2.45) is 0 Å². The molecule has 2 rings (SSSR count). The normalized spacial score (nSPS) is 10.6. The predicted molar refractivity (Wildman–Crippen MR) is 95.3 cm³/mol. The third kappa shape index (κ3) is 4.85. The Balaban J connectivity index is 2.23. The van der Waals surface area contributed by atoms with E-state index in [1.54, 1.807) is 7.11 Å². The zero-order chi connectivity index (χ0) is 16.7. The summed E-state index contributed by atoms with van der Waals surface area (Å²) in [4.78, 5) is 0. The molecule has 0 radical (unpaired) electrons. The van der Waals surface area contributed by atoms with Crippen LogP contribution < -0.4 is 14.8 Å². The van der Waals surface area contributed by atoms with Gasteiger partial charge in [0.05, 0.1) is 13.7 Å². The summed E-state index contributed by atoms with van der Waals surface area (Å²) in [6.45, 7) is 1.49. The average molecular weight is 401 g/mol. The van der Waals surface area contributed by atoms with Crippen molar-refractivity contribution < 1.29 is 14.6 Å². The molecule has 0 aliphatic carbocycles. The van der Waals surface area contributed by atoms with Crippen molar-refractivity contribution in [3.05, 3.63) is 57.0 Å². The Morgan fingerprint density at radius 2 is 2.00 bits per heavy atom. The first-order valence-electron chi connectivity index (χ1n) is 7.20. The molecule has 2 aromatic carbocycles. The number of aliphatic hydroxyl groups is 1. The second kappa shape index (κ2) is 9.13. The van der Waals surface area contributed by atoms with Gasteiger partial charge in [-0.2, -0.15) is 0 Å². The maximum atomic E-state index is 8.92. The smallest absolute Gasteiger partial charge is 0.167 e. The molecule has 0 amide bonds. The summed E-state index contributed by atoms with van der Waals surface area (Å²) in [5.41, 5.74) is 1.84. The van der Waals surface area contributed by atoms with E-state index < -0.39 is 0 Å². The van der Waals surface area contributed by atoms with E-state index in [4.69, 9.17) is 26.2 Å². The fourth-order valence-electron chi connectivity index (χ4n) is 2.12. The van der Waals surface area contributed by atoms with Crippen LogP contribution in [0.15, 0.2) is 40.9 Å². The maximum Gasteiger partial charge on any atom is 0.167 e. The molecule has 23 heavy (non-hydrogen) atoms. The molecule has 4 nitrogen and oxygen atoms in total. The number of rotatable bonds is 8. The standard InChI is InChI=1S/C17H19BrClNO3/c1-22-16-7-6-14(18)13(10-20-8-9-21)17(16)23-11-12-4-2-3-5-15(12)19/h2-7,20-21H,8-11H2,1H3. The van der Waals surface area contributed by atoms with Gasteiger partial charge in [-0.1, -0.05) is 45.7 Å². The molecular formula is C17H19BrClNO3. The minimum atomic E-state index is 0.0808. The fourth-order valence-corrected chi connectivity index (χ4v) is 2.77. The Hall–Kier alpha value is -1.27. The van der Waals surface area contributed by atoms with Crippen LogP contribution in [-0.2, 0) is 13.2 Å². The molecule has 124 valence electrons. The Kier molecular flexibility index (Phi) is 7.17. The molecule has 0 bridgehead atoms. The number of methoxy groups -OCH3 is 1. The molecule has 0 spiro atoms. The van der Waals surface area contributed by atoms with Crippen molar-refractivity contribution in [1.82, 2.24) is 5.32 Å². The zero-order valence-electron chi connectivity index (χ0n) is 12.8. The second-order valence-electron chi connectivity index (χ2n) is 4.84. The number of aliphatic hydroxyl groups excluding tert-OH is 1. The molecule has 0 aromatic heterocycles. The third-order valence-corrected chi connectivity index (χ3v) is 4.42. The first kappa shape index (κ1) is 18.1. The lowest BCUT2D eigenvalue weighted by atomic mass is 10.1. The topological polar surface area (TPSA) is 50.7 Å². The molecule has 0 heterocycles. The molecule has 0 saturated carbocycles. The van der Waals surface area contributed by atoms with Crippen LogP contribution >= 0.6 is 27.5 Å². The molecule has 0 atom stereocenters. The number of benzene rings is 2. The van der Waals surface area contributed by atoms with Crippen LogP contribution in [0.25, 0.3) is 0 Å². The van der Waals surface area contributed by atoms with Crippen molar-refractivity contribution in [2.45, 2.75) is 13.2 Å². The first-order chi connectivity index (χ1) is 11.2. The van der Waals surface area contributed by atoms with Gasteiger partial charge in [0, 0.05) is 33.7 Å². The molecule has 0 fully saturated rings. The first-order valence-corrected chi connectivity index (χ1v) is 8.37. The summed E-state index contributed by atoms with van der Waals surface area (Å²) in [5, 5.41) is 12.7. The zero-order valence-corrected chi connectivity index (χ0v) is 15.2. The van der Waals surface area contributed by atoms with Crippen molar-refractivity contribution in [3.8, 4) is 11.5 Å². The van der Waals surface area contributed by atoms with Crippen LogP contribution in [0.4, 0.5) is 0 Å². The van der Waals surface area contributed by atoms with E-state index in [2.05, 4.69) is 21.2 Å². The van der Waals surface area contributed by atoms with E-state index in [0.717, 1.165) is 15.6 Å². The highest BCUT2D eigenvalue weighted by atomic mass is 79.9. The van der Waals surface area contributed by atoms with E-state index in [9.17, 15) is 0 Å². The minimum Gasteiger partial charge on any atom is -0.493 e. The van der Waals surface area contributed by atoms with Gasteiger partial charge in [0.15, 0.2) is 11.5 Å². The van der Waals surface area contributed by atoms with E-state index in [1.165, 1.54) is 0 Å². The van der Waals surface area contributed by atoms with Crippen LogP contribution in [0.2, 0.25) is 5.02 Å². The fraction of sp³-hybridized carbons (Fsp3) is 0.294. The highest BCUT2D eigenvalue weighted by molar-refractivity contribution is 9.10. The molecule has 0 aliphatic rings. The summed E-state index contributed by atoms with van der Waals surface area (Å²) in [5.74, 6) is 1.31. The van der Waals surface area contributed by atoms with Crippen LogP contribution in [0.5, 0.6) is 11.5 Å². The molecule has 0 aliphatic heterocycles. The van der Waals surface area contributed by atoms with Gasteiger partial charge in [0.1, 0.15) is 6.61 Å². The van der Waals surface area contributed by atoms with E-state index in [-0.39, 0.29) is 6.61 Å². The number of halogens is 2. The van der Waals surface area contributed by atoms with Crippen molar-refractivity contribution in [1.29, 1.82) is 0 Å². The molecule has 2 aromatic rings. The van der Waals surface area contributed by atoms with Gasteiger partial charge in [-0.3, -0.25) is 0 Å². The van der Waals surface area contributed by atoms with Gasteiger partial charge in [-0.05, 0) is 18.2 Å². The molecular weight excluding hydrogens is 382 g/mol. The van der Waals surface area contributed by atoms with Gasteiger partial charge in [0.2, 0.25) is 0 Å². The monoisotopic (exact) mass is 399 g/mol. The van der Waals surface area contributed by atoms with Crippen LogP contribution in [0.1, 0.15) is 11.1 Å². The molecule has 6 heteroatoms. The highest BCUT2D eigenvalue weighted by Crippen LogP contribution is 2.37. The lowest BCUT2D eigenvalue weighted by Gasteiger charge is -2.17. The van der Waals surface area contributed by atoms with Gasteiger partial charge in [-0.25, -0.2) is 0 Å². The predicted octanol–water partition coefficient (Wildman–Crippen LogP) is 3.77. The number of ether oxygens (including phenoxy) is 2. The van der Waals surface area contributed by atoms with Gasteiger partial charge in [0.25, 0.3) is 0 Å². The van der Waals surface area contributed by atoms with Gasteiger partial charge < -0.3 is 19.9 Å². The van der Waals surface area contributed by atoms with E-state index in [1.807, 2.05) is 36.4 Å². The van der Waals surface area contributed by atoms with E-state index in [0.29, 0.717) is 36.2 Å². The Morgan fingerprint density at radius 1 is 1.22 bits per heavy atom. The molecule has 0 saturated heterocycles. The molecule has 0 unspecified atom stereocenters. The Morgan fingerprint density at radius 3 is 2.70 bits per heavy atom. The van der Waals surface area contributed by atoms with E-state index >= 15 is 0 Å². The second-order valence-corrected chi connectivity index (χ2v) is 6.10. The summed E-state index contributed by atoms with van der Waals surface area (Å²) in [6.07, 6.45) is 0. The minimum absolute atomic E-state index is 0.0808. The Bertz CT molecular complexity index is 652. The summed E-state index contributed by atoms with van der Waals surface area (Å²) < 4.78 is 12.3. The third-order valence-electron chi connectivity index (χ3n) is 3.31. The van der Waals surface area contributed by atoms with Crippen LogP contribution in [0, 0.1) is 0 Å². The summed E-state index contributed by atoms with van der Waals surface area (Å²) in [7, 11) is 1.61. The number of hydrogen-bond acceptors (Lipinski definition) is 4. The SMILES string of the molecule is COc1ccc(Br)c(CNCCO)c1OCc1ccccc1Cl. The number of nitrogens with one attached hydrogen (secondary N) is 1. The lowest BCUT2D eigenvalue weighted by Crippen LogP contribution is -2.18. The van der Waals surface area contributed by atoms with Crippen LogP contribution in [-0.4, -0.2) is 25.4 Å².